The van der Waals surface area contributed by atoms with Crippen LogP contribution in [0.25, 0.3) is 0 Å². The van der Waals surface area contributed by atoms with Gasteiger partial charge < -0.3 is 10.1 Å². The number of rotatable bonds is 6. The first-order chi connectivity index (χ1) is 10.2. The van der Waals surface area contributed by atoms with E-state index in [0.717, 1.165) is 11.1 Å². The Labute approximate surface area is 124 Å². The van der Waals surface area contributed by atoms with Gasteiger partial charge in [-0.05, 0) is 36.2 Å². The van der Waals surface area contributed by atoms with Crippen molar-refractivity contribution in [2.24, 2.45) is 0 Å². The second-order valence-electron chi connectivity index (χ2n) is 4.56. The molecule has 0 fully saturated rings. The van der Waals surface area contributed by atoms with Crippen molar-refractivity contribution < 1.29 is 9.13 Å². The summed E-state index contributed by atoms with van der Waals surface area (Å²) < 4.78 is 18.5. The van der Waals surface area contributed by atoms with Crippen molar-refractivity contribution in [3.63, 3.8) is 0 Å². The minimum absolute atomic E-state index is 0.303. The molecule has 0 heterocycles. The van der Waals surface area contributed by atoms with E-state index < -0.39 is 5.82 Å². The van der Waals surface area contributed by atoms with E-state index in [-0.39, 0.29) is 0 Å². The summed E-state index contributed by atoms with van der Waals surface area (Å²) in [5.41, 5.74) is 3.13. The van der Waals surface area contributed by atoms with Gasteiger partial charge in [0.2, 0.25) is 0 Å². The molecule has 2 aromatic rings. The Kier molecular flexibility index (Phi) is 5.30. The summed E-state index contributed by atoms with van der Waals surface area (Å²) in [6.45, 7) is 3.74. The van der Waals surface area contributed by atoms with Crippen LogP contribution in [0.15, 0.2) is 42.5 Å². The fourth-order valence-electron chi connectivity index (χ4n) is 2.04. The Morgan fingerprint density at radius 3 is 2.67 bits per heavy atom. The Bertz CT molecular complexity index is 649. The molecule has 0 atom stereocenters. The molecule has 21 heavy (non-hydrogen) atoms. The monoisotopic (exact) mass is 284 g/mol. The second-order valence-corrected chi connectivity index (χ2v) is 4.56. The molecule has 0 saturated heterocycles. The molecule has 0 bridgehead atoms. The van der Waals surface area contributed by atoms with Crippen LogP contribution < -0.4 is 5.32 Å². The van der Waals surface area contributed by atoms with E-state index in [2.05, 4.69) is 5.32 Å². The average Bonchev–Trinajstić information content (AvgIpc) is 2.52. The van der Waals surface area contributed by atoms with Gasteiger partial charge >= 0.3 is 0 Å². The summed E-state index contributed by atoms with van der Waals surface area (Å²) in [5, 5.41) is 12.2. The number of nitriles is 1. The molecule has 0 amide bonds. The van der Waals surface area contributed by atoms with Gasteiger partial charge in [0.25, 0.3) is 0 Å². The molecule has 1 N–H and O–H groups in total. The first kappa shape index (κ1) is 15.0. The van der Waals surface area contributed by atoms with Crippen molar-refractivity contribution in [1.82, 2.24) is 0 Å². The smallest absolute Gasteiger partial charge is 0.124 e. The first-order valence-corrected chi connectivity index (χ1v) is 6.82. The van der Waals surface area contributed by atoms with Crippen molar-refractivity contribution in [1.29, 1.82) is 5.26 Å². The van der Waals surface area contributed by atoms with E-state index in [1.807, 2.05) is 37.3 Å². The standard InChI is InChI=1S/C17H17FN2O/c1-2-21-12-14-6-4-3-5-13(14)11-20-17-8-7-16(18)9-15(17)10-19/h3-9,20H,2,11-12H2,1H3. The van der Waals surface area contributed by atoms with Crippen molar-refractivity contribution >= 4 is 5.69 Å². The lowest BCUT2D eigenvalue weighted by Crippen LogP contribution is -2.05. The van der Waals surface area contributed by atoms with Crippen LogP contribution in [0.5, 0.6) is 0 Å². The zero-order valence-corrected chi connectivity index (χ0v) is 11.9. The Morgan fingerprint density at radius 1 is 1.19 bits per heavy atom. The first-order valence-electron chi connectivity index (χ1n) is 6.82. The molecule has 0 aliphatic heterocycles. The van der Waals surface area contributed by atoms with Gasteiger partial charge in [-0.15, -0.1) is 0 Å². The number of nitrogens with zero attached hydrogens (tertiary/aromatic N) is 1. The molecule has 0 aliphatic carbocycles. The predicted molar refractivity (Wildman–Crippen MR) is 80.2 cm³/mol. The summed E-state index contributed by atoms with van der Waals surface area (Å²) in [4.78, 5) is 0. The minimum atomic E-state index is -0.408. The van der Waals surface area contributed by atoms with E-state index in [0.29, 0.717) is 31.0 Å². The number of anilines is 1. The van der Waals surface area contributed by atoms with Gasteiger partial charge in [0.1, 0.15) is 11.9 Å². The molecule has 3 nitrogen and oxygen atoms in total. The number of hydrogen-bond donors (Lipinski definition) is 1. The molecule has 4 heteroatoms. The molecule has 0 unspecified atom stereocenters. The van der Waals surface area contributed by atoms with Gasteiger partial charge in [-0.25, -0.2) is 4.39 Å². The fraction of sp³-hybridized carbons (Fsp3) is 0.235. The molecular weight excluding hydrogens is 267 g/mol. The minimum Gasteiger partial charge on any atom is -0.380 e. The van der Waals surface area contributed by atoms with Crippen LogP contribution in [0.3, 0.4) is 0 Å². The van der Waals surface area contributed by atoms with Crippen LogP contribution in [0.1, 0.15) is 23.6 Å². The summed E-state index contributed by atoms with van der Waals surface area (Å²) in [6.07, 6.45) is 0. The molecule has 108 valence electrons. The van der Waals surface area contributed by atoms with E-state index in [1.165, 1.54) is 12.1 Å². The molecule has 0 aromatic heterocycles. The third kappa shape index (κ3) is 4.04. The SMILES string of the molecule is CCOCc1ccccc1CNc1ccc(F)cc1C#N. The lowest BCUT2D eigenvalue weighted by Gasteiger charge is -2.12. The highest BCUT2D eigenvalue weighted by atomic mass is 19.1. The van der Waals surface area contributed by atoms with Crippen molar-refractivity contribution in [2.75, 3.05) is 11.9 Å². The average molecular weight is 284 g/mol. The number of hydrogen-bond acceptors (Lipinski definition) is 3. The molecular formula is C17H17FN2O. The molecule has 0 spiro atoms. The summed E-state index contributed by atoms with van der Waals surface area (Å²) in [7, 11) is 0. The largest absolute Gasteiger partial charge is 0.380 e. The number of ether oxygens (including phenoxy) is 1. The highest BCUT2D eigenvalue weighted by Crippen LogP contribution is 2.18. The van der Waals surface area contributed by atoms with Crippen LogP contribution >= 0.6 is 0 Å². The second kappa shape index (κ2) is 7.41. The molecule has 2 aromatic carbocycles. The fourth-order valence-corrected chi connectivity index (χ4v) is 2.04. The third-order valence-electron chi connectivity index (χ3n) is 3.15. The van der Waals surface area contributed by atoms with Gasteiger partial charge in [-0.2, -0.15) is 5.26 Å². The summed E-state index contributed by atoms with van der Waals surface area (Å²) >= 11 is 0. The van der Waals surface area contributed by atoms with Gasteiger partial charge in [0, 0.05) is 13.2 Å². The van der Waals surface area contributed by atoms with Crippen LogP contribution in [-0.4, -0.2) is 6.61 Å². The zero-order valence-electron chi connectivity index (χ0n) is 11.9. The topological polar surface area (TPSA) is 45.0 Å². The maximum absolute atomic E-state index is 13.1. The van der Waals surface area contributed by atoms with Crippen LogP contribution in [0.4, 0.5) is 10.1 Å². The number of nitrogens with one attached hydrogen (secondary N) is 1. The lowest BCUT2D eigenvalue weighted by atomic mass is 10.1. The van der Waals surface area contributed by atoms with Crippen LogP contribution in [0, 0.1) is 17.1 Å². The van der Waals surface area contributed by atoms with Gasteiger partial charge in [-0.1, -0.05) is 24.3 Å². The Balaban J connectivity index is 2.12. The van der Waals surface area contributed by atoms with Crippen molar-refractivity contribution in [3.8, 4) is 6.07 Å². The Morgan fingerprint density at radius 2 is 1.95 bits per heavy atom. The number of benzene rings is 2. The molecule has 0 aliphatic rings. The van der Waals surface area contributed by atoms with Crippen molar-refractivity contribution in [2.45, 2.75) is 20.1 Å². The maximum atomic E-state index is 13.1. The summed E-state index contributed by atoms with van der Waals surface area (Å²) in [5.74, 6) is -0.408. The Hall–Kier alpha value is -2.38. The summed E-state index contributed by atoms with van der Waals surface area (Å²) in [6, 6.07) is 14.1. The van der Waals surface area contributed by atoms with Gasteiger partial charge in [-0.3, -0.25) is 0 Å². The molecule has 0 saturated carbocycles. The van der Waals surface area contributed by atoms with E-state index in [9.17, 15) is 4.39 Å². The van der Waals surface area contributed by atoms with E-state index in [4.69, 9.17) is 10.00 Å². The van der Waals surface area contributed by atoms with Gasteiger partial charge in [0.15, 0.2) is 0 Å². The van der Waals surface area contributed by atoms with Crippen molar-refractivity contribution in [3.05, 3.63) is 65.0 Å². The third-order valence-corrected chi connectivity index (χ3v) is 3.15. The lowest BCUT2D eigenvalue weighted by molar-refractivity contribution is 0.133. The highest BCUT2D eigenvalue weighted by molar-refractivity contribution is 5.57. The van der Waals surface area contributed by atoms with E-state index in [1.54, 1.807) is 6.07 Å². The zero-order chi connectivity index (χ0) is 15.1. The van der Waals surface area contributed by atoms with E-state index >= 15 is 0 Å². The molecule has 2 rings (SSSR count). The van der Waals surface area contributed by atoms with Gasteiger partial charge in [0.05, 0.1) is 17.9 Å². The molecule has 0 radical (unpaired) electrons. The maximum Gasteiger partial charge on any atom is 0.124 e. The van der Waals surface area contributed by atoms with Crippen LogP contribution in [-0.2, 0) is 17.9 Å². The number of halogens is 1. The predicted octanol–water partition coefficient (Wildman–Crippen LogP) is 3.85. The highest BCUT2D eigenvalue weighted by Gasteiger charge is 2.05. The normalized spacial score (nSPS) is 10.1. The quantitative estimate of drug-likeness (QED) is 0.876. The van der Waals surface area contributed by atoms with Crippen LogP contribution in [0.2, 0.25) is 0 Å².